The van der Waals surface area contributed by atoms with Gasteiger partial charge in [-0.15, -0.1) is 0 Å². The molecule has 1 heterocycles. The Kier molecular flexibility index (Phi) is 7.63. The molecule has 3 rings (SSSR count). The molecule has 1 aliphatic rings. The molecule has 0 aromatic heterocycles. The highest BCUT2D eigenvalue weighted by molar-refractivity contribution is 7.89. The van der Waals surface area contributed by atoms with Crippen LogP contribution in [0.5, 0.6) is 17.2 Å². The lowest BCUT2D eigenvalue weighted by Gasteiger charge is -2.30. The predicted octanol–water partition coefficient (Wildman–Crippen LogP) is 2.74. The summed E-state index contributed by atoms with van der Waals surface area (Å²) in [6.07, 6.45) is 0.957. The van der Waals surface area contributed by atoms with Crippen LogP contribution in [0, 0.1) is 12.8 Å². The molecule has 1 aliphatic heterocycles. The fourth-order valence-corrected chi connectivity index (χ4v) is 5.26. The molecule has 1 saturated heterocycles. The van der Waals surface area contributed by atoms with Gasteiger partial charge in [0.1, 0.15) is 0 Å². The van der Waals surface area contributed by atoms with E-state index < -0.39 is 10.0 Å². The number of hydrogen-bond donors (Lipinski definition) is 1. The third-order valence-corrected chi connectivity index (χ3v) is 7.59. The lowest BCUT2D eigenvalue weighted by Crippen LogP contribution is -2.42. The van der Waals surface area contributed by atoms with Crippen LogP contribution in [0.4, 0.5) is 0 Å². The Morgan fingerprint density at radius 2 is 1.56 bits per heavy atom. The van der Waals surface area contributed by atoms with E-state index in [0.29, 0.717) is 49.7 Å². The molecule has 0 atom stereocenters. The van der Waals surface area contributed by atoms with Gasteiger partial charge in [-0.1, -0.05) is 17.7 Å². The summed E-state index contributed by atoms with van der Waals surface area (Å²) < 4.78 is 43.2. The fraction of sp³-hybridized carbons (Fsp3) is 0.435. The number of methoxy groups -OCH3 is 3. The van der Waals surface area contributed by atoms with E-state index >= 15 is 0 Å². The van der Waals surface area contributed by atoms with Gasteiger partial charge < -0.3 is 19.5 Å². The molecule has 0 radical (unpaired) electrons. The van der Waals surface area contributed by atoms with Gasteiger partial charge in [-0.2, -0.15) is 4.31 Å². The van der Waals surface area contributed by atoms with E-state index in [1.165, 1.54) is 25.6 Å². The van der Waals surface area contributed by atoms with Gasteiger partial charge in [0.15, 0.2) is 11.5 Å². The minimum absolute atomic E-state index is 0.0915. The second-order valence-electron chi connectivity index (χ2n) is 7.74. The fourth-order valence-electron chi connectivity index (χ4n) is 3.79. The third kappa shape index (κ3) is 5.16. The lowest BCUT2D eigenvalue weighted by atomic mass is 9.97. The first-order valence-electron chi connectivity index (χ1n) is 10.4. The number of piperidine rings is 1. The maximum Gasteiger partial charge on any atom is 0.243 e. The number of benzene rings is 2. The van der Waals surface area contributed by atoms with Crippen molar-refractivity contribution < 1.29 is 27.4 Å². The molecule has 0 saturated carbocycles. The number of ether oxygens (including phenoxy) is 3. The smallest absolute Gasteiger partial charge is 0.243 e. The Hall–Kier alpha value is -2.78. The normalized spacial score (nSPS) is 15.2. The van der Waals surface area contributed by atoms with E-state index in [1.807, 2.05) is 6.92 Å². The van der Waals surface area contributed by atoms with Gasteiger partial charge in [0, 0.05) is 25.6 Å². The van der Waals surface area contributed by atoms with Crippen LogP contribution in [0.2, 0.25) is 0 Å². The van der Waals surface area contributed by atoms with Crippen LogP contribution in [-0.2, 0) is 21.4 Å². The molecule has 1 fully saturated rings. The van der Waals surface area contributed by atoms with Crippen LogP contribution < -0.4 is 19.5 Å². The highest BCUT2D eigenvalue weighted by Crippen LogP contribution is 2.38. The molecule has 0 spiro atoms. The number of hydrogen-bond acceptors (Lipinski definition) is 6. The number of carbonyl (C=O) groups is 1. The molecular weight excluding hydrogens is 432 g/mol. The van der Waals surface area contributed by atoms with Crippen molar-refractivity contribution in [1.82, 2.24) is 9.62 Å². The average Bonchev–Trinajstić information content (AvgIpc) is 2.82. The zero-order chi connectivity index (χ0) is 23.3. The second kappa shape index (κ2) is 10.2. The van der Waals surface area contributed by atoms with Gasteiger partial charge >= 0.3 is 0 Å². The van der Waals surface area contributed by atoms with Crippen molar-refractivity contribution in [2.45, 2.75) is 31.2 Å². The number of aryl methyl sites for hydroxylation is 1. The number of carbonyl (C=O) groups excluding carboxylic acids is 1. The van der Waals surface area contributed by atoms with Crippen molar-refractivity contribution in [2.75, 3.05) is 34.4 Å². The molecule has 0 unspecified atom stereocenters. The van der Waals surface area contributed by atoms with Crippen molar-refractivity contribution in [3.05, 3.63) is 47.5 Å². The van der Waals surface area contributed by atoms with Crippen LogP contribution in [0.1, 0.15) is 24.0 Å². The Morgan fingerprint density at radius 3 is 2.06 bits per heavy atom. The van der Waals surface area contributed by atoms with E-state index in [-0.39, 0.29) is 16.7 Å². The van der Waals surface area contributed by atoms with Crippen LogP contribution in [0.25, 0.3) is 0 Å². The van der Waals surface area contributed by atoms with E-state index in [1.54, 1.807) is 36.4 Å². The maximum atomic E-state index is 12.9. The lowest BCUT2D eigenvalue weighted by molar-refractivity contribution is -0.126. The van der Waals surface area contributed by atoms with Crippen LogP contribution in [-0.4, -0.2) is 53.0 Å². The van der Waals surface area contributed by atoms with Crippen molar-refractivity contribution in [1.29, 1.82) is 0 Å². The van der Waals surface area contributed by atoms with Gasteiger partial charge in [0.05, 0.1) is 26.2 Å². The van der Waals surface area contributed by atoms with E-state index in [0.717, 1.165) is 11.1 Å². The van der Waals surface area contributed by atoms with Gasteiger partial charge in [0.25, 0.3) is 0 Å². The molecule has 8 nitrogen and oxygen atoms in total. The molecule has 0 aliphatic carbocycles. The summed E-state index contributed by atoms with van der Waals surface area (Å²) in [7, 11) is 1.07. The molecule has 9 heteroatoms. The Balaban J connectivity index is 1.59. The number of sulfonamides is 1. The zero-order valence-electron chi connectivity index (χ0n) is 18.9. The molecule has 174 valence electrons. The molecule has 0 bridgehead atoms. The highest BCUT2D eigenvalue weighted by Gasteiger charge is 2.32. The summed E-state index contributed by atoms with van der Waals surface area (Å²) in [5.41, 5.74) is 1.82. The number of nitrogens with one attached hydrogen (secondary N) is 1. The van der Waals surface area contributed by atoms with Gasteiger partial charge in [-0.3, -0.25) is 4.79 Å². The van der Waals surface area contributed by atoms with E-state index in [4.69, 9.17) is 14.2 Å². The predicted molar refractivity (Wildman–Crippen MR) is 121 cm³/mol. The number of nitrogens with zero attached hydrogens (tertiary/aromatic N) is 1. The monoisotopic (exact) mass is 462 g/mol. The first-order valence-corrected chi connectivity index (χ1v) is 11.9. The molecule has 2 aromatic carbocycles. The quantitative estimate of drug-likeness (QED) is 0.648. The molecular formula is C23H30N2O6S. The van der Waals surface area contributed by atoms with Crippen molar-refractivity contribution in [3.63, 3.8) is 0 Å². The summed E-state index contributed by atoms with van der Waals surface area (Å²) >= 11 is 0. The molecule has 32 heavy (non-hydrogen) atoms. The summed E-state index contributed by atoms with van der Waals surface area (Å²) in [4.78, 5) is 13.0. The van der Waals surface area contributed by atoms with Crippen LogP contribution in [0.15, 0.2) is 41.3 Å². The van der Waals surface area contributed by atoms with E-state index in [2.05, 4.69) is 5.32 Å². The SMILES string of the molecule is COc1cc(CNC(=O)C2CCN(S(=O)(=O)c3ccc(C)cc3)CC2)cc(OC)c1OC. The summed E-state index contributed by atoms with van der Waals surface area (Å²) in [5.74, 6) is 1.20. The average molecular weight is 463 g/mol. The zero-order valence-corrected chi connectivity index (χ0v) is 19.7. The highest BCUT2D eigenvalue weighted by atomic mass is 32.2. The van der Waals surface area contributed by atoms with Crippen LogP contribution in [0.3, 0.4) is 0 Å². The molecule has 1 N–H and O–H groups in total. The molecule has 2 aromatic rings. The Morgan fingerprint density at radius 1 is 1.00 bits per heavy atom. The van der Waals surface area contributed by atoms with Gasteiger partial charge in [-0.05, 0) is 49.6 Å². The largest absolute Gasteiger partial charge is 0.493 e. The summed E-state index contributed by atoms with van der Waals surface area (Å²) in [6.45, 7) is 2.85. The molecule has 1 amide bonds. The van der Waals surface area contributed by atoms with Gasteiger partial charge in [0.2, 0.25) is 21.7 Å². The Labute approximate surface area is 189 Å². The minimum atomic E-state index is -3.54. The van der Waals surface area contributed by atoms with Gasteiger partial charge in [-0.25, -0.2) is 8.42 Å². The summed E-state index contributed by atoms with van der Waals surface area (Å²) in [5, 5.41) is 2.94. The van der Waals surface area contributed by atoms with Crippen molar-refractivity contribution in [2.24, 2.45) is 5.92 Å². The minimum Gasteiger partial charge on any atom is -0.493 e. The number of rotatable bonds is 8. The van der Waals surface area contributed by atoms with Crippen molar-refractivity contribution >= 4 is 15.9 Å². The van der Waals surface area contributed by atoms with E-state index in [9.17, 15) is 13.2 Å². The standard InChI is InChI=1S/C23H30N2O6S/c1-16-5-7-19(8-6-16)32(27,28)25-11-9-18(10-12-25)23(26)24-15-17-13-20(29-2)22(31-4)21(14-17)30-3/h5-8,13-14,18H,9-12,15H2,1-4H3,(H,24,26). The number of amides is 1. The van der Waals surface area contributed by atoms with Crippen LogP contribution >= 0.6 is 0 Å². The topological polar surface area (TPSA) is 94.2 Å². The maximum absolute atomic E-state index is 12.9. The first-order chi connectivity index (χ1) is 15.3. The first kappa shape index (κ1) is 23.9. The van der Waals surface area contributed by atoms with Crippen molar-refractivity contribution in [3.8, 4) is 17.2 Å². The third-order valence-electron chi connectivity index (χ3n) is 5.67. The second-order valence-corrected chi connectivity index (χ2v) is 9.68. The summed E-state index contributed by atoms with van der Waals surface area (Å²) in [6, 6.07) is 10.4. The Bertz CT molecular complexity index is 1020.